The first kappa shape index (κ1) is 11.4. The third kappa shape index (κ3) is 3.19. The SMILES string of the molecule is CCC(C)(CN)OC(C)C(N)=O. The van der Waals surface area contributed by atoms with Crippen LogP contribution in [0.3, 0.4) is 0 Å². The van der Waals surface area contributed by atoms with Gasteiger partial charge in [0.25, 0.3) is 0 Å². The fourth-order valence-electron chi connectivity index (χ4n) is 0.761. The Morgan fingerprint density at radius 3 is 2.42 bits per heavy atom. The molecule has 0 saturated carbocycles. The van der Waals surface area contributed by atoms with Gasteiger partial charge >= 0.3 is 0 Å². The second-order valence-electron chi connectivity index (χ2n) is 3.17. The highest BCUT2D eigenvalue weighted by atomic mass is 16.5. The fraction of sp³-hybridized carbons (Fsp3) is 0.875. The van der Waals surface area contributed by atoms with Gasteiger partial charge in [-0.2, -0.15) is 0 Å². The predicted molar refractivity (Wildman–Crippen MR) is 47.5 cm³/mol. The standard InChI is InChI=1S/C8H18N2O2/c1-4-8(3,5-9)12-6(2)7(10)11/h6H,4-5,9H2,1-3H3,(H2,10,11). The summed E-state index contributed by atoms with van der Waals surface area (Å²) in [6.07, 6.45) is 0.194. The van der Waals surface area contributed by atoms with Gasteiger partial charge in [0.1, 0.15) is 6.10 Å². The summed E-state index contributed by atoms with van der Waals surface area (Å²) in [7, 11) is 0. The average molecular weight is 174 g/mol. The van der Waals surface area contributed by atoms with Crippen molar-refractivity contribution in [1.82, 2.24) is 0 Å². The molecule has 0 aliphatic carbocycles. The van der Waals surface area contributed by atoms with Crippen molar-refractivity contribution in [2.75, 3.05) is 6.54 Å². The second-order valence-corrected chi connectivity index (χ2v) is 3.17. The molecule has 4 nitrogen and oxygen atoms in total. The largest absolute Gasteiger partial charge is 0.367 e. The van der Waals surface area contributed by atoms with Crippen LogP contribution in [0.5, 0.6) is 0 Å². The van der Waals surface area contributed by atoms with Crippen LogP contribution in [0.2, 0.25) is 0 Å². The molecule has 0 fully saturated rings. The lowest BCUT2D eigenvalue weighted by atomic mass is 10.0. The topological polar surface area (TPSA) is 78.3 Å². The van der Waals surface area contributed by atoms with E-state index in [4.69, 9.17) is 16.2 Å². The van der Waals surface area contributed by atoms with Crippen molar-refractivity contribution in [2.24, 2.45) is 11.5 Å². The highest BCUT2D eigenvalue weighted by molar-refractivity contribution is 5.78. The molecule has 0 aromatic heterocycles. The van der Waals surface area contributed by atoms with Gasteiger partial charge < -0.3 is 16.2 Å². The molecule has 0 aliphatic heterocycles. The maximum absolute atomic E-state index is 10.7. The lowest BCUT2D eigenvalue weighted by Gasteiger charge is -2.29. The number of carbonyl (C=O) groups is 1. The fourth-order valence-corrected chi connectivity index (χ4v) is 0.761. The lowest BCUT2D eigenvalue weighted by Crippen LogP contribution is -2.43. The normalized spacial score (nSPS) is 18.3. The van der Waals surface area contributed by atoms with Gasteiger partial charge in [-0.1, -0.05) is 6.92 Å². The molecule has 12 heavy (non-hydrogen) atoms. The van der Waals surface area contributed by atoms with E-state index < -0.39 is 17.6 Å². The van der Waals surface area contributed by atoms with E-state index in [0.29, 0.717) is 6.54 Å². The zero-order chi connectivity index (χ0) is 9.78. The zero-order valence-corrected chi connectivity index (χ0v) is 7.96. The van der Waals surface area contributed by atoms with Crippen LogP contribution in [0.1, 0.15) is 27.2 Å². The van der Waals surface area contributed by atoms with Crippen LogP contribution in [0.15, 0.2) is 0 Å². The smallest absolute Gasteiger partial charge is 0.246 e. The third-order valence-corrected chi connectivity index (χ3v) is 2.04. The van der Waals surface area contributed by atoms with Crippen LogP contribution < -0.4 is 11.5 Å². The molecular formula is C8H18N2O2. The van der Waals surface area contributed by atoms with Gasteiger partial charge in [0.2, 0.25) is 5.91 Å². The first-order chi connectivity index (χ1) is 5.45. The number of amides is 1. The number of carbonyl (C=O) groups excluding carboxylic acids is 1. The van der Waals surface area contributed by atoms with Gasteiger partial charge in [-0.25, -0.2) is 0 Å². The molecule has 0 spiro atoms. The van der Waals surface area contributed by atoms with Crippen molar-refractivity contribution in [2.45, 2.75) is 38.9 Å². The molecular weight excluding hydrogens is 156 g/mol. The third-order valence-electron chi connectivity index (χ3n) is 2.04. The summed E-state index contributed by atoms with van der Waals surface area (Å²) in [6, 6.07) is 0. The number of nitrogens with two attached hydrogens (primary N) is 2. The number of ether oxygens (including phenoxy) is 1. The van der Waals surface area contributed by atoms with E-state index in [9.17, 15) is 4.79 Å². The number of rotatable bonds is 5. The van der Waals surface area contributed by atoms with Crippen molar-refractivity contribution < 1.29 is 9.53 Å². The summed E-state index contributed by atoms with van der Waals surface area (Å²) in [5, 5.41) is 0. The molecule has 0 aromatic carbocycles. The molecule has 0 radical (unpaired) electrons. The van der Waals surface area contributed by atoms with Crippen molar-refractivity contribution in [3.63, 3.8) is 0 Å². The average Bonchev–Trinajstić information content (AvgIpc) is 2.04. The van der Waals surface area contributed by atoms with Crippen molar-refractivity contribution in [1.29, 1.82) is 0 Å². The van der Waals surface area contributed by atoms with Crippen LogP contribution in [0, 0.1) is 0 Å². The molecule has 1 amide bonds. The Morgan fingerprint density at radius 1 is 1.67 bits per heavy atom. The first-order valence-electron chi connectivity index (χ1n) is 4.12. The van der Waals surface area contributed by atoms with Gasteiger partial charge in [0, 0.05) is 6.54 Å². The Balaban J connectivity index is 4.11. The van der Waals surface area contributed by atoms with Crippen LogP contribution in [-0.4, -0.2) is 24.2 Å². The molecule has 2 unspecified atom stereocenters. The van der Waals surface area contributed by atoms with Crippen LogP contribution in [-0.2, 0) is 9.53 Å². The van der Waals surface area contributed by atoms with E-state index >= 15 is 0 Å². The lowest BCUT2D eigenvalue weighted by molar-refractivity contribution is -0.139. The molecule has 0 saturated heterocycles. The van der Waals surface area contributed by atoms with E-state index in [1.54, 1.807) is 6.92 Å². The molecule has 2 atom stereocenters. The summed E-state index contributed by atoms with van der Waals surface area (Å²) >= 11 is 0. The molecule has 0 heterocycles. The summed E-state index contributed by atoms with van der Waals surface area (Å²) < 4.78 is 5.40. The summed E-state index contributed by atoms with van der Waals surface area (Å²) in [5.74, 6) is -0.455. The number of primary amides is 1. The molecule has 0 aromatic rings. The zero-order valence-electron chi connectivity index (χ0n) is 7.96. The van der Waals surface area contributed by atoms with Gasteiger partial charge in [-0.15, -0.1) is 0 Å². The summed E-state index contributed by atoms with van der Waals surface area (Å²) in [5.41, 5.74) is 10.1. The maximum Gasteiger partial charge on any atom is 0.246 e. The van der Waals surface area contributed by atoms with E-state index in [0.717, 1.165) is 6.42 Å². The maximum atomic E-state index is 10.7. The minimum atomic E-state index is -0.571. The van der Waals surface area contributed by atoms with Crippen molar-refractivity contribution in [3.8, 4) is 0 Å². The Bertz CT molecular complexity index is 155. The van der Waals surface area contributed by atoms with E-state index in [1.807, 2.05) is 13.8 Å². The number of hydrogen-bond acceptors (Lipinski definition) is 3. The van der Waals surface area contributed by atoms with E-state index in [2.05, 4.69) is 0 Å². The molecule has 4 N–H and O–H groups in total. The van der Waals surface area contributed by atoms with Gasteiger partial charge in [-0.3, -0.25) is 4.79 Å². The molecule has 72 valence electrons. The van der Waals surface area contributed by atoms with Crippen molar-refractivity contribution in [3.05, 3.63) is 0 Å². The van der Waals surface area contributed by atoms with Crippen LogP contribution in [0.4, 0.5) is 0 Å². The quantitative estimate of drug-likeness (QED) is 0.616. The second kappa shape index (κ2) is 4.42. The first-order valence-corrected chi connectivity index (χ1v) is 4.12. The summed E-state index contributed by atoms with van der Waals surface area (Å²) in [4.78, 5) is 10.7. The molecule has 0 rings (SSSR count). The molecule has 4 heteroatoms. The minimum absolute atomic E-state index is 0.390. The van der Waals surface area contributed by atoms with Gasteiger partial charge in [0.15, 0.2) is 0 Å². The van der Waals surface area contributed by atoms with E-state index in [1.165, 1.54) is 0 Å². The number of hydrogen-bond donors (Lipinski definition) is 2. The monoisotopic (exact) mass is 174 g/mol. The van der Waals surface area contributed by atoms with Gasteiger partial charge in [-0.05, 0) is 20.3 Å². The Kier molecular flexibility index (Phi) is 4.20. The highest BCUT2D eigenvalue weighted by Crippen LogP contribution is 2.15. The Morgan fingerprint density at radius 2 is 2.17 bits per heavy atom. The van der Waals surface area contributed by atoms with Gasteiger partial charge in [0.05, 0.1) is 5.60 Å². The Hall–Kier alpha value is -0.610. The minimum Gasteiger partial charge on any atom is -0.367 e. The van der Waals surface area contributed by atoms with Crippen LogP contribution >= 0.6 is 0 Å². The van der Waals surface area contributed by atoms with Crippen molar-refractivity contribution >= 4 is 5.91 Å². The highest BCUT2D eigenvalue weighted by Gasteiger charge is 2.25. The van der Waals surface area contributed by atoms with Crippen LogP contribution in [0.25, 0.3) is 0 Å². The predicted octanol–water partition coefficient (Wildman–Crippen LogP) is 0.00420. The Labute approximate surface area is 73.2 Å². The molecule has 0 bridgehead atoms. The summed E-state index contributed by atoms with van der Waals surface area (Å²) in [6.45, 7) is 5.85. The molecule has 0 aliphatic rings. The van der Waals surface area contributed by atoms with E-state index in [-0.39, 0.29) is 0 Å².